The Kier molecular flexibility index (Phi) is 6.98. The molecule has 1 aromatic heterocycles. The smallest absolute Gasteiger partial charge is 0.261 e. The lowest BCUT2D eigenvalue weighted by molar-refractivity contribution is 0.0657. The molecule has 0 radical (unpaired) electrons. The molecule has 0 unspecified atom stereocenters. The molecule has 5 rings (SSSR count). The topological polar surface area (TPSA) is 59.0 Å². The van der Waals surface area contributed by atoms with Crippen LogP contribution >= 0.6 is 23.4 Å². The summed E-state index contributed by atoms with van der Waals surface area (Å²) in [6, 6.07) is 21.1. The van der Waals surface area contributed by atoms with Gasteiger partial charge in [0.1, 0.15) is 17.4 Å². The molecule has 184 valence electrons. The van der Waals surface area contributed by atoms with Gasteiger partial charge in [0, 0.05) is 14.8 Å². The van der Waals surface area contributed by atoms with Crippen molar-refractivity contribution >= 4 is 40.8 Å². The zero-order valence-electron chi connectivity index (χ0n) is 19.3. The predicted molar refractivity (Wildman–Crippen MR) is 139 cm³/mol. The predicted octanol–water partition coefficient (Wildman–Crippen LogP) is 7.61. The van der Waals surface area contributed by atoms with E-state index in [4.69, 9.17) is 11.6 Å². The van der Waals surface area contributed by atoms with Crippen LogP contribution in [-0.2, 0) is 0 Å². The van der Waals surface area contributed by atoms with Gasteiger partial charge in [0.15, 0.2) is 0 Å². The number of hydrogen-bond acceptors (Lipinski definition) is 4. The van der Waals surface area contributed by atoms with Gasteiger partial charge in [-0.25, -0.2) is 13.5 Å². The van der Waals surface area contributed by atoms with E-state index in [-0.39, 0.29) is 23.8 Å². The summed E-state index contributed by atoms with van der Waals surface area (Å²) < 4.78 is 29.2. The summed E-state index contributed by atoms with van der Waals surface area (Å²) in [5.74, 6) is -0.136. The van der Waals surface area contributed by atoms with Crippen molar-refractivity contribution in [2.75, 3.05) is 10.6 Å². The van der Waals surface area contributed by atoms with Gasteiger partial charge in [-0.1, -0.05) is 65.3 Å². The SMILES string of the molecule is Cc1ccc([C@H]2C[C@H](C(F)F)n3ncc(C(=O)Nc4ccccc4Sc4ccc(Cl)cc4)c3N2)cc1. The van der Waals surface area contributed by atoms with Gasteiger partial charge in [0.05, 0.1) is 17.9 Å². The molecule has 0 bridgehead atoms. The van der Waals surface area contributed by atoms with E-state index in [0.29, 0.717) is 10.7 Å². The molecule has 3 aromatic carbocycles. The molecule has 2 atom stereocenters. The minimum atomic E-state index is -2.62. The largest absolute Gasteiger partial charge is 0.363 e. The Morgan fingerprint density at radius 1 is 1.11 bits per heavy atom. The molecule has 9 heteroatoms. The standard InChI is InChI=1S/C27H23ClF2N4OS/c1-16-6-8-17(9-7-16)22-14-23(25(29)30)34-26(32-22)20(15-31-34)27(35)33-21-4-2-3-5-24(21)36-19-12-10-18(28)11-13-19/h2-13,15,22-23,25,32H,14H2,1H3,(H,33,35)/t22-,23-/m1/s1. The third-order valence-corrected chi connectivity index (χ3v) is 7.43. The quantitative estimate of drug-likeness (QED) is 0.272. The Morgan fingerprint density at radius 2 is 1.83 bits per heavy atom. The van der Waals surface area contributed by atoms with E-state index in [1.165, 1.54) is 22.6 Å². The van der Waals surface area contributed by atoms with Crippen molar-refractivity contribution in [3.8, 4) is 0 Å². The highest BCUT2D eigenvalue weighted by Crippen LogP contribution is 2.40. The van der Waals surface area contributed by atoms with Crippen LogP contribution in [0.1, 0.15) is 40.0 Å². The lowest BCUT2D eigenvalue weighted by atomic mass is 9.96. The highest BCUT2D eigenvalue weighted by Gasteiger charge is 2.36. The Hall–Kier alpha value is -3.36. The van der Waals surface area contributed by atoms with E-state index in [1.807, 2.05) is 61.5 Å². The summed E-state index contributed by atoms with van der Waals surface area (Å²) in [7, 11) is 0. The molecule has 2 N–H and O–H groups in total. The number of benzene rings is 3. The second-order valence-corrected chi connectivity index (χ2v) is 10.2. The lowest BCUT2D eigenvalue weighted by Gasteiger charge is -2.32. The van der Waals surface area contributed by atoms with E-state index in [0.717, 1.165) is 20.9 Å². The van der Waals surface area contributed by atoms with Crippen LogP contribution < -0.4 is 10.6 Å². The molecule has 1 aliphatic rings. The first kappa shape index (κ1) is 24.3. The first-order valence-corrected chi connectivity index (χ1v) is 12.6. The molecule has 0 spiro atoms. The second-order valence-electron chi connectivity index (χ2n) is 8.60. The van der Waals surface area contributed by atoms with E-state index in [9.17, 15) is 13.6 Å². The van der Waals surface area contributed by atoms with Crippen LogP contribution in [0.5, 0.6) is 0 Å². The number of aryl methyl sites for hydroxylation is 1. The molecular formula is C27H23ClF2N4OS. The first-order valence-electron chi connectivity index (χ1n) is 11.4. The molecule has 2 heterocycles. The number of nitrogens with zero attached hydrogens (tertiary/aromatic N) is 2. The molecule has 1 amide bonds. The van der Waals surface area contributed by atoms with Gasteiger partial charge in [0.25, 0.3) is 12.3 Å². The summed E-state index contributed by atoms with van der Waals surface area (Å²) in [5.41, 5.74) is 2.79. The first-order chi connectivity index (χ1) is 17.4. The van der Waals surface area contributed by atoms with Gasteiger partial charge in [-0.2, -0.15) is 5.10 Å². The molecule has 0 saturated heterocycles. The van der Waals surface area contributed by atoms with Crippen molar-refractivity contribution in [1.82, 2.24) is 9.78 Å². The van der Waals surface area contributed by atoms with Gasteiger partial charge in [-0.3, -0.25) is 4.79 Å². The summed E-state index contributed by atoms with van der Waals surface area (Å²) in [6.07, 6.45) is -1.11. The maximum atomic E-state index is 14.0. The third kappa shape index (κ3) is 5.10. The summed E-state index contributed by atoms with van der Waals surface area (Å²) >= 11 is 7.47. The molecule has 1 aliphatic heterocycles. The summed E-state index contributed by atoms with van der Waals surface area (Å²) in [6.45, 7) is 1.97. The zero-order chi connectivity index (χ0) is 25.2. The molecule has 0 aliphatic carbocycles. The minimum Gasteiger partial charge on any atom is -0.363 e. The number of fused-ring (bicyclic) bond motifs is 1. The maximum absolute atomic E-state index is 14.0. The van der Waals surface area contributed by atoms with Gasteiger partial charge < -0.3 is 10.6 Å². The Labute approximate surface area is 216 Å². The number of para-hydroxylation sites is 1. The number of carbonyl (C=O) groups excluding carboxylic acids is 1. The molecule has 36 heavy (non-hydrogen) atoms. The van der Waals surface area contributed by atoms with E-state index in [2.05, 4.69) is 15.7 Å². The normalized spacial score (nSPS) is 16.9. The average Bonchev–Trinajstić information content (AvgIpc) is 3.30. The van der Waals surface area contributed by atoms with Crippen LogP contribution in [0.2, 0.25) is 5.02 Å². The molecule has 0 saturated carbocycles. The van der Waals surface area contributed by atoms with Crippen molar-refractivity contribution in [3.63, 3.8) is 0 Å². The number of anilines is 2. The molecule has 0 fully saturated rings. The summed E-state index contributed by atoms with van der Waals surface area (Å²) in [4.78, 5) is 15.1. The van der Waals surface area contributed by atoms with Crippen molar-refractivity contribution in [2.45, 2.75) is 41.6 Å². The van der Waals surface area contributed by atoms with Crippen LogP contribution in [0.25, 0.3) is 0 Å². The number of halogens is 3. The van der Waals surface area contributed by atoms with Crippen LogP contribution in [0.4, 0.5) is 20.3 Å². The fraction of sp³-hybridized carbons (Fsp3) is 0.185. The van der Waals surface area contributed by atoms with Gasteiger partial charge >= 0.3 is 0 Å². The number of alkyl halides is 2. The number of carbonyl (C=O) groups is 1. The fourth-order valence-corrected chi connectivity index (χ4v) is 5.22. The number of hydrogen-bond donors (Lipinski definition) is 2. The molecular weight excluding hydrogens is 502 g/mol. The molecule has 5 nitrogen and oxygen atoms in total. The van der Waals surface area contributed by atoms with Crippen LogP contribution in [0.3, 0.4) is 0 Å². The number of aromatic nitrogens is 2. The number of nitrogens with one attached hydrogen (secondary N) is 2. The lowest BCUT2D eigenvalue weighted by Crippen LogP contribution is -2.31. The summed E-state index contributed by atoms with van der Waals surface area (Å²) in [5, 5.41) is 11.0. The van der Waals surface area contributed by atoms with Crippen LogP contribution in [0.15, 0.2) is 88.8 Å². The highest BCUT2D eigenvalue weighted by atomic mass is 35.5. The number of rotatable bonds is 6. The van der Waals surface area contributed by atoms with Crippen molar-refractivity contribution in [1.29, 1.82) is 0 Å². The monoisotopic (exact) mass is 524 g/mol. The van der Waals surface area contributed by atoms with Gasteiger partial charge in [0.2, 0.25) is 0 Å². The van der Waals surface area contributed by atoms with Crippen molar-refractivity contribution < 1.29 is 13.6 Å². The Balaban J connectivity index is 1.42. The highest BCUT2D eigenvalue weighted by molar-refractivity contribution is 7.99. The van der Waals surface area contributed by atoms with Crippen molar-refractivity contribution in [3.05, 3.63) is 101 Å². The van der Waals surface area contributed by atoms with E-state index >= 15 is 0 Å². The number of amides is 1. The zero-order valence-corrected chi connectivity index (χ0v) is 20.9. The maximum Gasteiger partial charge on any atom is 0.261 e. The third-order valence-electron chi connectivity index (χ3n) is 6.09. The van der Waals surface area contributed by atoms with Crippen LogP contribution in [0, 0.1) is 6.92 Å². The van der Waals surface area contributed by atoms with Crippen LogP contribution in [-0.4, -0.2) is 22.1 Å². The van der Waals surface area contributed by atoms with E-state index in [1.54, 1.807) is 18.2 Å². The van der Waals surface area contributed by atoms with Gasteiger partial charge in [-0.15, -0.1) is 0 Å². The average molecular weight is 525 g/mol. The minimum absolute atomic E-state index is 0.164. The van der Waals surface area contributed by atoms with E-state index < -0.39 is 18.4 Å². The Morgan fingerprint density at radius 3 is 2.56 bits per heavy atom. The second kappa shape index (κ2) is 10.3. The van der Waals surface area contributed by atoms with Gasteiger partial charge in [-0.05, 0) is 55.3 Å². The fourth-order valence-electron chi connectivity index (χ4n) is 4.19. The van der Waals surface area contributed by atoms with Crippen molar-refractivity contribution in [2.24, 2.45) is 0 Å². The molecule has 4 aromatic rings. The Bertz CT molecular complexity index is 1380.